The van der Waals surface area contributed by atoms with Crippen LogP contribution in [0.25, 0.3) is 0 Å². The van der Waals surface area contributed by atoms with Gasteiger partial charge >= 0.3 is 12.3 Å². The van der Waals surface area contributed by atoms with Crippen LogP contribution in [0.5, 0.6) is 0 Å². The number of Topliss-reactive ketones (excluding diaryl/α,β-unsaturated/α-hetero) is 1. The summed E-state index contributed by atoms with van der Waals surface area (Å²) in [5.74, 6) is -3.76. The van der Waals surface area contributed by atoms with E-state index < -0.39 is 82.6 Å². The van der Waals surface area contributed by atoms with Crippen molar-refractivity contribution in [3.63, 3.8) is 0 Å². The monoisotopic (exact) mass is 568 g/mol. The van der Waals surface area contributed by atoms with Gasteiger partial charge in [-0.05, 0) is 56.3 Å². The molecule has 0 saturated heterocycles. The fraction of sp³-hybridized carbons (Fsp3) is 0.724. The molecule has 1 N–H and O–H groups in total. The number of hydrogen-bond donors (Lipinski definition) is 1. The molecule has 0 spiro atoms. The Morgan fingerprint density at radius 3 is 2.48 bits per heavy atom. The Morgan fingerprint density at radius 1 is 1.12 bits per heavy atom. The van der Waals surface area contributed by atoms with Crippen molar-refractivity contribution in [2.75, 3.05) is 20.3 Å². The number of methoxy groups -OCH3 is 1. The molecule has 0 unspecified atom stereocenters. The third kappa shape index (κ3) is 4.18. The molecule has 9 nitrogen and oxygen atoms in total. The summed E-state index contributed by atoms with van der Waals surface area (Å²) in [5, 5.41) is 11.6. The molecule has 0 heterocycles. The van der Waals surface area contributed by atoms with Gasteiger partial charge in [0.2, 0.25) is 5.78 Å². The number of ether oxygens (including phenoxy) is 4. The van der Waals surface area contributed by atoms with Crippen molar-refractivity contribution in [2.24, 2.45) is 28.6 Å². The van der Waals surface area contributed by atoms with Crippen LogP contribution in [-0.4, -0.2) is 72.9 Å². The Balaban J connectivity index is 1.79. The maximum atomic E-state index is 17.5. The zero-order valence-electron chi connectivity index (χ0n) is 23.5. The summed E-state index contributed by atoms with van der Waals surface area (Å²) in [4.78, 5) is 50.6. The van der Waals surface area contributed by atoms with E-state index in [0.29, 0.717) is 6.42 Å². The first kappa shape index (κ1) is 30.1. The number of carbonyl (C=O) groups excluding carboxylic acids is 4. The summed E-state index contributed by atoms with van der Waals surface area (Å²) in [6.45, 7) is 5.92. The van der Waals surface area contributed by atoms with Crippen LogP contribution in [0.4, 0.5) is 18.4 Å². The van der Waals surface area contributed by atoms with Crippen molar-refractivity contribution in [3.05, 3.63) is 23.8 Å². The molecule has 3 fully saturated rings. The number of ketones is 2. The summed E-state index contributed by atoms with van der Waals surface area (Å²) in [5.41, 5.74) is -7.34. The van der Waals surface area contributed by atoms with E-state index in [4.69, 9.17) is 14.2 Å². The summed E-state index contributed by atoms with van der Waals surface area (Å²) < 4.78 is 53.6. The van der Waals surface area contributed by atoms with Gasteiger partial charge in [0.05, 0.1) is 19.8 Å². The molecule has 4 aliphatic carbocycles. The number of unbranched alkanes of at least 4 members (excludes halogenated alkanes) is 1. The predicted molar refractivity (Wildman–Crippen MR) is 137 cm³/mol. The highest BCUT2D eigenvalue weighted by atomic mass is 19.1. The molecule has 11 heteroatoms. The van der Waals surface area contributed by atoms with Crippen LogP contribution in [0.1, 0.15) is 59.8 Å². The van der Waals surface area contributed by atoms with Gasteiger partial charge < -0.3 is 24.1 Å². The van der Waals surface area contributed by atoms with Crippen LogP contribution in [0, 0.1) is 28.6 Å². The second kappa shape index (κ2) is 10.5. The fourth-order valence-corrected chi connectivity index (χ4v) is 8.14. The number of allylic oxidation sites excluding steroid dienone is 4. The third-order valence-electron chi connectivity index (χ3n) is 10.0. The number of alkyl halides is 2. The first-order valence-corrected chi connectivity index (χ1v) is 13.8. The molecule has 3 saturated carbocycles. The van der Waals surface area contributed by atoms with E-state index in [0.717, 1.165) is 19.6 Å². The summed E-state index contributed by atoms with van der Waals surface area (Å²) in [7, 11) is 1.07. The van der Waals surface area contributed by atoms with Crippen LogP contribution in [0.3, 0.4) is 0 Å². The van der Waals surface area contributed by atoms with Crippen molar-refractivity contribution >= 4 is 23.9 Å². The molecule has 222 valence electrons. The third-order valence-corrected chi connectivity index (χ3v) is 10.0. The van der Waals surface area contributed by atoms with Gasteiger partial charge in [-0.15, -0.1) is 0 Å². The van der Waals surface area contributed by atoms with Gasteiger partial charge in [-0.1, -0.05) is 33.3 Å². The van der Waals surface area contributed by atoms with E-state index in [1.54, 1.807) is 13.8 Å². The Kier molecular flexibility index (Phi) is 7.94. The molecule has 0 bridgehead atoms. The molecular formula is C29H38F2O9. The molecule has 0 amide bonds. The molecule has 9 atom stereocenters. The van der Waals surface area contributed by atoms with Gasteiger partial charge in [0.1, 0.15) is 6.17 Å². The molecule has 0 aromatic heterocycles. The van der Waals surface area contributed by atoms with Gasteiger partial charge in [-0.3, -0.25) is 9.59 Å². The van der Waals surface area contributed by atoms with E-state index in [1.807, 2.05) is 6.92 Å². The van der Waals surface area contributed by atoms with Crippen LogP contribution in [0.15, 0.2) is 23.8 Å². The number of aliphatic hydroxyl groups is 1. The minimum absolute atomic E-state index is 0.0166. The van der Waals surface area contributed by atoms with E-state index >= 15 is 8.78 Å². The predicted octanol–water partition coefficient (Wildman–Crippen LogP) is 4.60. The number of aliphatic hydroxyl groups excluding tert-OH is 1. The normalized spacial score (nSPS) is 41.6. The molecule has 4 aliphatic rings. The number of halogens is 2. The number of fused-ring (bicyclic) bond motifs is 5. The number of hydrogen-bond acceptors (Lipinski definition) is 9. The summed E-state index contributed by atoms with van der Waals surface area (Å²) in [6.07, 6.45) is -1.16. The lowest BCUT2D eigenvalue weighted by Gasteiger charge is -2.63. The fourth-order valence-electron chi connectivity index (χ4n) is 8.14. The quantitative estimate of drug-likeness (QED) is 0.347. The Hall–Kier alpha value is -2.82. The van der Waals surface area contributed by atoms with Crippen LogP contribution < -0.4 is 0 Å². The highest BCUT2D eigenvalue weighted by Crippen LogP contribution is 2.71. The second-order valence-electron chi connectivity index (χ2n) is 12.0. The molecule has 0 radical (unpaired) electrons. The SMILES string of the molecule is CCCCOC(=O)O[C@]1(C(=O)COC(=O)OC)[C@H](C)C[C@H]2[C@@H]3C[C@H](F)C4=CC(=O)C=C[C@]4(C)[C@@]3(F)[C@@H](O)C[C@@]21C. The van der Waals surface area contributed by atoms with E-state index in [9.17, 15) is 24.3 Å². The lowest BCUT2D eigenvalue weighted by atomic mass is 9.44. The molecule has 40 heavy (non-hydrogen) atoms. The van der Waals surface area contributed by atoms with Gasteiger partial charge in [-0.2, -0.15) is 0 Å². The largest absolute Gasteiger partial charge is 0.509 e. The zero-order valence-corrected chi connectivity index (χ0v) is 23.5. The van der Waals surface area contributed by atoms with Crippen LogP contribution >= 0.6 is 0 Å². The Morgan fingerprint density at radius 2 is 1.82 bits per heavy atom. The number of carbonyl (C=O) groups is 4. The molecule has 4 rings (SSSR count). The van der Waals surface area contributed by atoms with Crippen LogP contribution in [0.2, 0.25) is 0 Å². The minimum atomic E-state index is -2.37. The van der Waals surface area contributed by atoms with Crippen molar-refractivity contribution in [1.29, 1.82) is 0 Å². The minimum Gasteiger partial charge on any atom is -0.438 e. The zero-order chi connectivity index (χ0) is 29.7. The van der Waals surface area contributed by atoms with E-state index in [-0.39, 0.29) is 31.4 Å². The topological polar surface area (TPSA) is 125 Å². The van der Waals surface area contributed by atoms with Crippen molar-refractivity contribution in [3.8, 4) is 0 Å². The van der Waals surface area contributed by atoms with Crippen molar-refractivity contribution in [1.82, 2.24) is 0 Å². The van der Waals surface area contributed by atoms with Crippen molar-refractivity contribution in [2.45, 2.75) is 83.3 Å². The molecule has 0 aromatic rings. The smallest absolute Gasteiger partial charge is 0.438 e. The first-order chi connectivity index (χ1) is 18.7. The molecule has 0 aromatic carbocycles. The van der Waals surface area contributed by atoms with Gasteiger partial charge in [-0.25, -0.2) is 18.4 Å². The molecule has 0 aliphatic heterocycles. The number of rotatable bonds is 7. The first-order valence-electron chi connectivity index (χ1n) is 13.8. The van der Waals surface area contributed by atoms with Crippen molar-refractivity contribution < 1.29 is 52.0 Å². The van der Waals surface area contributed by atoms with E-state index in [1.165, 1.54) is 19.1 Å². The highest BCUT2D eigenvalue weighted by Gasteiger charge is 2.78. The lowest BCUT2D eigenvalue weighted by molar-refractivity contribution is -0.226. The molecular weight excluding hydrogens is 530 g/mol. The van der Waals surface area contributed by atoms with Gasteiger partial charge in [0, 0.05) is 22.7 Å². The van der Waals surface area contributed by atoms with E-state index in [2.05, 4.69) is 4.74 Å². The maximum absolute atomic E-state index is 17.5. The lowest BCUT2D eigenvalue weighted by Crippen LogP contribution is -2.71. The Bertz CT molecular complexity index is 1140. The maximum Gasteiger partial charge on any atom is 0.509 e. The van der Waals surface area contributed by atoms with Gasteiger partial charge in [0.15, 0.2) is 23.7 Å². The van der Waals surface area contributed by atoms with Gasteiger partial charge in [0.25, 0.3) is 0 Å². The average molecular weight is 569 g/mol. The summed E-state index contributed by atoms with van der Waals surface area (Å²) >= 11 is 0. The second-order valence-corrected chi connectivity index (χ2v) is 12.0. The standard InChI is InChI=1S/C29H38F2O9/c1-6-7-10-38-25(36)40-29(23(34)15-39-24(35)37-5)16(2)11-18-19-13-21(30)20-12-17(32)8-9-26(20,3)28(19,31)22(33)14-27(18,29)4/h8-9,12,16,18-19,21-22,33H,6-7,10-11,13-15H2,1-5H3/t16-,18+,19+,21+,22+,26+,27+,28+,29+/m1/s1. The Labute approximate surface area is 232 Å². The van der Waals surface area contributed by atoms with Crippen LogP contribution in [-0.2, 0) is 28.5 Å². The summed E-state index contributed by atoms with van der Waals surface area (Å²) in [6, 6.07) is 0. The highest BCUT2D eigenvalue weighted by molar-refractivity contribution is 6.01. The average Bonchev–Trinajstić information content (AvgIpc) is 3.12.